The Kier molecular flexibility index (Phi) is 11.5. The van der Waals surface area contributed by atoms with Gasteiger partial charge in [0.1, 0.15) is 17.1 Å². The van der Waals surface area contributed by atoms with Crippen molar-refractivity contribution in [1.29, 1.82) is 0 Å². The average Bonchev–Trinajstić information content (AvgIpc) is 2.61. The Hall–Kier alpha value is -1.79. The van der Waals surface area contributed by atoms with Gasteiger partial charge in [0.15, 0.2) is 0 Å². The van der Waals surface area contributed by atoms with Crippen molar-refractivity contribution in [1.82, 2.24) is 0 Å². The van der Waals surface area contributed by atoms with Crippen molar-refractivity contribution in [2.75, 3.05) is 26.4 Å². The summed E-state index contributed by atoms with van der Waals surface area (Å²) < 4.78 is 11.2. The summed E-state index contributed by atoms with van der Waals surface area (Å²) in [7, 11) is 0. The number of hydrogen-bond donors (Lipinski definition) is 3. The van der Waals surface area contributed by atoms with Crippen LogP contribution in [0.2, 0.25) is 0 Å². The molecule has 0 aromatic heterocycles. The van der Waals surface area contributed by atoms with Crippen LogP contribution < -0.4 is 9.47 Å². The summed E-state index contributed by atoms with van der Waals surface area (Å²) in [4.78, 5) is 11.4. The van der Waals surface area contributed by atoms with Crippen LogP contribution in [-0.4, -0.2) is 47.7 Å². The van der Waals surface area contributed by atoms with E-state index in [1.807, 2.05) is 0 Å². The molecule has 6 nitrogen and oxygen atoms in total. The number of aliphatic hydroxyl groups excluding tert-OH is 2. The van der Waals surface area contributed by atoms with Crippen LogP contribution in [0.5, 0.6) is 11.5 Å². The molecule has 0 atom stereocenters. The first-order valence-electron chi connectivity index (χ1n) is 9.03. The molecule has 0 spiro atoms. The van der Waals surface area contributed by atoms with Gasteiger partial charge >= 0.3 is 5.97 Å². The van der Waals surface area contributed by atoms with Crippen LogP contribution in [0.1, 0.15) is 61.7 Å². The predicted molar refractivity (Wildman–Crippen MR) is 95.5 cm³/mol. The highest BCUT2D eigenvalue weighted by atomic mass is 16.5. The minimum absolute atomic E-state index is 0.105. The van der Waals surface area contributed by atoms with Gasteiger partial charge < -0.3 is 24.8 Å². The zero-order valence-corrected chi connectivity index (χ0v) is 14.8. The maximum Gasteiger partial charge on any atom is 0.339 e. The molecule has 0 unspecified atom stereocenters. The van der Waals surface area contributed by atoms with Crippen molar-refractivity contribution in [3.05, 3.63) is 23.8 Å². The molecule has 0 aliphatic rings. The standard InChI is InChI=1S/C19H30O6/c20-11-5-1-3-7-13-24-16-9-10-18(17(15-16)19(22)23)25-14-8-4-2-6-12-21/h9-10,15,20-21H,1-8,11-14H2,(H,22,23). The van der Waals surface area contributed by atoms with Gasteiger partial charge in [0.05, 0.1) is 13.2 Å². The lowest BCUT2D eigenvalue weighted by Crippen LogP contribution is -2.06. The lowest BCUT2D eigenvalue weighted by molar-refractivity contribution is 0.0691. The maximum atomic E-state index is 11.4. The molecule has 0 aliphatic heterocycles. The van der Waals surface area contributed by atoms with E-state index >= 15 is 0 Å². The highest BCUT2D eigenvalue weighted by molar-refractivity contribution is 5.91. The normalized spacial score (nSPS) is 10.6. The first-order valence-corrected chi connectivity index (χ1v) is 9.03. The third-order valence-corrected chi connectivity index (χ3v) is 3.81. The number of aromatic carboxylic acids is 1. The van der Waals surface area contributed by atoms with E-state index in [1.54, 1.807) is 12.1 Å². The highest BCUT2D eigenvalue weighted by Crippen LogP contribution is 2.25. The smallest absolute Gasteiger partial charge is 0.339 e. The Morgan fingerprint density at radius 3 is 1.92 bits per heavy atom. The van der Waals surface area contributed by atoms with E-state index in [0.29, 0.717) is 24.7 Å². The summed E-state index contributed by atoms with van der Waals surface area (Å²) in [6.45, 7) is 1.39. The van der Waals surface area contributed by atoms with Crippen molar-refractivity contribution in [3.8, 4) is 11.5 Å². The topological polar surface area (TPSA) is 96.2 Å². The van der Waals surface area contributed by atoms with Crippen molar-refractivity contribution in [3.63, 3.8) is 0 Å². The quantitative estimate of drug-likeness (QED) is 0.418. The number of unbranched alkanes of at least 4 members (excludes halogenated alkanes) is 6. The second-order valence-corrected chi connectivity index (χ2v) is 5.94. The lowest BCUT2D eigenvalue weighted by atomic mass is 10.2. The van der Waals surface area contributed by atoms with Crippen LogP contribution in [0.25, 0.3) is 0 Å². The fourth-order valence-electron chi connectivity index (χ4n) is 2.40. The van der Waals surface area contributed by atoms with Crippen LogP contribution in [0, 0.1) is 0 Å². The van der Waals surface area contributed by atoms with Gasteiger partial charge in [-0.15, -0.1) is 0 Å². The van der Waals surface area contributed by atoms with Gasteiger partial charge in [0.2, 0.25) is 0 Å². The Bertz CT molecular complexity index is 489. The fraction of sp³-hybridized carbons (Fsp3) is 0.632. The molecule has 0 saturated heterocycles. The van der Waals surface area contributed by atoms with E-state index in [2.05, 4.69) is 0 Å². The zero-order chi connectivity index (χ0) is 18.3. The molecular weight excluding hydrogens is 324 g/mol. The number of aliphatic hydroxyl groups is 2. The van der Waals surface area contributed by atoms with Gasteiger partial charge in [0, 0.05) is 13.2 Å². The second-order valence-electron chi connectivity index (χ2n) is 5.94. The minimum atomic E-state index is -1.04. The molecule has 0 aliphatic carbocycles. The van der Waals surface area contributed by atoms with Crippen molar-refractivity contribution in [2.24, 2.45) is 0 Å². The van der Waals surface area contributed by atoms with Crippen LogP contribution >= 0.6 is 0 Å². The van der Waals surface area contributed by atoms with E-state index in [1.165, 1.54) is 6.07 Å². The monoisotopic (exact) mass is 354 g/mol. The summed E-state index contributed by atoms with van der Waals surface area (Å²) >= 11 is 0. The maximum absolute atomic E-state index is 11.4. The molecule has 1 aromatic carbocycles. The fourth-order valence-corrected chi connectivity index (χ4v) is 2.40. The zero-order valence-electron chi connectivity index (χ0n) is 14.8. The van der Waals surface area contributed by atoms with E-state index in [4.69, 9.17) is 19.7 Å². The van der Waals surface area contributed by atoms with E-state index in [-0.39, 0.29) is 18.8 Å². The highest BCUT2D eigenvalue weighted by Gasteiger charge is 2.13. The molecular formula is C19H30O6. The minimum Gasteiger partial charge on any atom is -0.494 e. The van der Waals surface area contributed by atoms with E-state index in [0.717, 1.165) is 51.4 Å². The molecule has 3 N–H and O–H groups in total. The molecule has 25 heavy (non-hydrogen) atoms. The molecule has 0 heterocycles. The Morgan fingerprint density at radius 1 is 0.800 bits per heavy atom. The third kappa shape index (κ3) is 9.31. The van der Waals surface area contributed by atoms with E-state index < -0.39 is 5.97 Å². The van der Waals surface area contributed by atoms with Crippen LogP contribution in [0.4, 0.5) is 0 Å². The molecule has 0 saturated carbocycles. The summed E-state index contributed by atoms with van der Waals surface area (Å²) in [6, 6.07) is 4.86. The summed E-state index contributed by atoms with van der Waals surface area (Å²) in [5.74, 6) is -0.163. The number of carbonyl (C=O) groups is 1. The molecule has 0 amide bonds. The molecule has 6 heteroatoms. The summed E-state index contributed by atoms with van der Waals surface area (Å²) in [5.41, 5.74) is 0.105. The number of carboxylic acid groups (broad SMARTS) is 1. The Labute approximate surface area is 149 Å². The van der Waals surface area contributed by atoms with Crippen molar-refractivity contribution < 1.29 is 29.6 Å². The van der Waals surface area contributed by atoms with Crippen LogP contribution in [0.15, 0.2) is 18.2 Å². The Morgan fingerprint density at radius 2 is 1.36 bits per heavy atom. The SMILES string of the molecule is O=C(O)c1cc(OCCCCCCO)ccc1OCCCCCCO. The van der Waals surface area contributed by atoms with Crippen molar-refractivity contribution in [2.45, 2.75) is 51.4 Å². The molecule has 0 radical (unpaired) electrons. The summed E-state index contributed by atoms with van der Waals surface area (Å²) in [6.07, 6.45) is 7.10. The molecule has 1 aromatic rings. The first kappa shape index (κ1) is 21.3. The van der Waals surface area contributed by atoms with Crippen LogP contribution in [0.3, 0.4) is 0 Å². The number of ether oxygens (including phenoxy) is 2. The molecule has 1 rings (SSSR count). The molecule has 142 valence electrons. The first-order chi connectivity index (χ1) is 12.2. The number of carboxylic acids is 1. The van der Waals surface area contributed by atoms with Gasteiger partial charge in [0.25, 0.3) is 0 Å². The summed E-state index contributed by atoms with van der Waals surface area (Å²) in [5, 5.41) is 26.8. The van der Waals surface area contributed by atoms with Gasteiger partial charge in [-0.05, 0) is 56.7 Å². The predicted octanol–water partition coefficient (Wildman–Crippen LogP) is 3.25. The molecule has 0 fully saturated rings. The van der Waals surface area contributed by atoms with Gasteiger partial charge in [-0.25, -0.2) is 4.79 Å². The van der Waals surface area contributed by atoms with Gasteiger partial charge in [-0.3, -0.25) is 0 Å². The lowest BCUT2D eigenvalue weighted by Gasteiger charge is -2.12. The largest absolute Gasteiger partial charge is 0.494 e. The van der Waals surface area contributed by atoms with Gasteiger partial charge in [-0.1, -0.05) is 12.8 Å². The average molecular weight is 354 g/mol. The Balaban J connectivity index is 2.42. The number of hydrogen-bond acceptors (Lipinski definition) is 5. The second kappa shape index (κ2) is 13.5. The van der Waals surface area contributed by atoms with Crippen molar-refractivity contribution >= 4 is 5.97 Å². The molecule has 0 bridgehead atoms. The van der Waals surface area contributed by atoms with Crippen LogP contribution in [-0.2, 0) is 0 Å². The third-order valence-electron chi connectivity index (χ3n) is 3.81. The van der Waals surface area contributed by atoms with Gasteiger partial charge in [-0.2, -0.15) is 0 Å². The van der Waals surface area contributed by atoms with E-state index in [9.17, 15) is 9.90 Å². The number of benzene rings is 1. The number of rotatable bonds is 15.